The number of carbonyl (C=O) groups is 1. The van der Waals surface area contributed by atoms with E-state index in [-0.39, 0.29) is 26.3 Å². The highest BCUT2D eigenvalue weighted by Crippen LogP contribution is 2.31. The molecule has 23 heavy (non-hydrogen) atoms. The van der Waals surface area contributed by atoms with Gasteiger partial charge in [-0.15, -0.1) is 0 Å². The van der Waals surface area contributed by atoms with Crippen LogP contribution in [0.3, 0.4) is 0 Å². The van der Waals surface area contributed by atoms with Crippen LogP contribution in [0.4, 0.5) is 0 Å². The predicted molar refractivity (Wildman–Crippen MR) is 86.8 cm³/mol. The molecule has 5 nitrogen and oxygen atoms in total. The van der Waals surface area contributed by atoms with Gasteiger partial charge in [-0.2, -0.15) is 8.42 Å². The third kappa shape index (κ3) is 3.96. The molecule has 2 rings (SSSR count). The standard InChI is InChI=1S/C15H12Cl2O5S/c1-9-3-5-11(16)13(7-9)22-23(19,20)14-6-4-10(8-12(14)17)15(18)21-2/h3-8H,1-2H3. The van der Waals surface area contributed by atoms with E-state index >= 15 is 0 Å². The Balaban J connectivity index is 2.40. The molecule has 122 valence electrons. The summed E-state index contributed by atoms with van der Waals surface area (Å²) in [6.45, 7) is 1.77. The molecule has 0 radical (unpaired) electrons. The average molecular weight is 375 g/mol. The Bertz CT molecular complexity index is 862. The molecule has 0 saturated carbocycles. The minimum absolute atomic E-state index is 0.000206. The van der Waals surface area contributed by atoms with Gasteiger partial charge in [0.25, 0.3) is 0 Å². The van der Waals surface area contributed by atoms with Crippen LogP contribution in [-0.2, 0) is 14.9 Å². The highest BCUT2D eigenvalue weighted by molar-refractivity contribution is 7.87. The van der Waals surface area contributed by atoms with Gasteiger partial charge in [0.15, 0.2) is 5.75 Å². The topological polar surface area (TPSA) is 69.7 Å². The van der Waals surface area contributed by atoms with E-state index in [9.17, 15) is 13.2 Å². The predicted octanol–water partition coefficient (Wildman–Crippen LogP) is 3.86. The van der Waals surface area contributed by atoms with E-state index in [1.807, 2.05) is 0 Å². The monoisotopic (exact) mass is 374 g/mol. The van der Waals surface area contributed by atoms with Gasteiger partial charge < -0.3 is 8.92 Å². The van der Waals surface area contributed by atoms with E-state index in [4.69, 9.17) is 27.4 Å². The second kappa shape index (κ2) is 6.78. The zero-order valence-electron chi connectivity index (χ0n) is 12.2. The van der Waals surface area contributed by atoms with E-state index in [0.29, 0.717) is 0 Å². The van der Waals surface area contributed by atoms with Gasteiger partial charge in [0.05, 0.1) is 22.7 Å². The summed E-state index contributed by atoms with van der Waals surface area (Å²) in [5.74, 6) is -0.627. The van der Waals surface area contributed by atoms with Crippen molar-refractivity contribution in [2.75, 3.05) is 7.11 Å². The number of hydrogen-bond acceptors (Lipinski definition) is 5. The molecule has 0 bridgehead atoms. The summed E-state index contributed by atoms with van der Waals surface area (Å²) in [7, 11) is -2.99. The summed E-state index contributed by atoms with van der Waals surface area (Å²) in [6.07, 6.45) is 0. The van der Waals surface area contributed by atoms with Crippen molar-refractivity contribution in [3.8, 4) is 5.75 Å². The Morgan fingerprint density at radius 3 is 2.35 bits per heavy atom. The maximum absolute atomic E-state index is 12.4. The first-order valence-corrected chi connectivity index (χ1v) is 8.49. The van der Waals surface area contributed by atoms with Crippen LogP contribution in [-0.4, -0.2) is 21.5 Å². The van der Waals surface area contributed by atoms with Crippen LogP contribution in [0, 0.1) is 6.92 Å². The first-order valence-electron chi connectivity index (χ1n) is 6.33. The lowest BCUT2D eigenvalue weighted by atomic mass is 10.2. The summed E-state index contributed by atoms with van der Waals surface area (Å²) < 4.78 is 34.3. The van der Waals surface area contributed by atoms with Crippen molar-refractivity contribution in [3.63, 3.8) is 0 Å². The van der Waals surface area contributed by atoms with Crippen molar-refractivity contribution in [2.45, 2.75) is 11.8 Å². The third-order valence-electron chi connectivity index (χ3n) is 2.91. The molecule has 0 unspecified atom stereocenters. The average Bonchev–Trinajstić information content (AvgIpc) is 2.49. The zero-order chi connectivity index (χ0) is 17.2. The first kappa shape index (κ1) is 17.6. The fourth-order valence-corrected chi connectivity index (χ4v) is 3.45. The van der Waals surface area contributed by atoms with E-state index < -0.39 is 16.1 Å². The van der Waals surface area contributed by atoms with Crippen LogP contribution in [0.2, 0.25) is 10.0 Å². The molecule has 0 aliphatic rings. The quantitative estimate of drug-likeness (QED) is 0.600. The molecule has 2 aromatic rings. The van der Waals surface area contributed by atoms with Crippen LogP contribution < -0.4 is 4.18 Å². The van der Waals surface area contributed by atoms with Gasteiger partial charge in [-0.1, -0.05) is 29.3 Å². The minimum atomic E-state index is -4.20. The Morgan fingerprint density at radius 2 is 1.74 bits per heavy atom. The van der Waals surface area contributed by atoms with Gasteiger partial charge in [-0.3, -0.25) is 0 Å². The molecule has 8 heteroatoms. The molecule has 0 N–H and O–H groups in total. The molecule has 0 aliphatic heterocycles. The van der Waals surface area contributed by atoms with Crippen molar-refractivity contribution in [3.05, 3.63) is 57.6 Å². The number of ether oxygens (including phenoxy) is 1. The molecule has 0 heterocycles. The lowest BCUT2D eigenvalue weighted by Crippen LogP contribution is -2.11. The summed E-state index contributed by atoms with van der Waals surface area (Å²) >= 11 is 11.9. The van der Waals surface area contributed by atoms with Crippen LogP contribution in [0.5, 0.6) is 5.75 Å². The second-order valence-corrected chi connectivity index (χ2v) is 6.94. The molecule has 0 aromatic heterocycles. The number of hydrogen-bond donors (Lipinski definition) is 0. The van der Waals surface area contributed by atoms with Gasteiger partial charge in [0.2, 0.25) is 0 Å². The van der Waals surface area contributed by atoms with Crippen molar-refractivity contribution < 1.29 is 22.1 Å². The van der Waals surface area contributed by atoms with Gasteiger partial charge in [-0.05, 0) is 42.8 Å². The Hall–Kier alpha value is -1.76. The molecule has 0 amide bonds. The highest BCUT2D eigenvalue weighted by Gasteiger charge is 2.23. The lowest BCUT2D eigenvalue weighted by molar-refractivity contribution is 0.0600. The number of benzene rings is 2. The molecule has 0 aliphatic carbocycles. The van der Waals surface area contributed by atoms with E-state index in [2.05, 4.69) is 4.74 Å². The van der Waals surface area contributed by atoms with Crippen molar-refractivity contribution >= 4 is 39.3 Å². The number of carbonyl (C=O) groups excluding carboxylic acids is 1. The van der Waals surface area contributed by atoms with Crippen molar-refractivity contribution in [2.24, 2.45) is 0 Å². The Labute approximate surface area is 143 Å². The van der Waals surface area contributed by atoms with Crippen LogP contribution in [0.1, 0.15) is 15.9 Å². The van der Waals surface area contributed by atoms with E-state index in [1.165, 1.54) is 37.4 Å². The molecule has 0 atom stereocenters. The molecule has 0 saturated heterocycles. The molecule has 2 aromatic carbocycles. The Morgan fingerprint density at radius 1 is 1.04 bits per heavy atom. The normalized spacial score (nSPS) is 11.1. The molecule has 0 fully saturated rings. The SMILES string of the molecule is COC(=O)c1ccc(S(=O)(=O)Oc2cc(C)ccc2Cl)c(Cl)c1. The fourth-order valence-electron chi connectivity index (χ4n) is 1.79. The number of methoxy groups -OCH3 is 1. The summed E-state index contributed by atoms with van der Waals surface area (Å²) in [4.78, 5) is 11.1. The Kier molecular flexibility index (Phi) is 5.19. The van der Waals surface area contributed by atoms with Gasteiger partial charge in [-0.25, -0.2) is 4.79 Å². The van der Waals surface area contributed by atoms with Gasteiger partial charge in [0, 0.05) is 0 Å². The lowest BCUT2D eigenvalue weighted by Gasteiger charge is -2.11. The zero-order valence-corrected chi connectivity index (χ0v) is 14.5. The fraction of sp³-hybridized carbons (Fsp3) is 0.133. The maximum Gasteiger partial charge on any atom is 0.340 e. The first-order chi connectivity index (χ1) is 10.7. The van der Waals surface area contributed by atoms with Crippen LogP contribution >= 0.6 is 23.2 Å². The summed E-state index contributed by atoms with van der Waals surface area (Å²) in [5, 5.41) is -0.00171. The second-order valence-electron chi connectivity index (χ2n) is 4.61. The van der Waals surface area contributed by atoms with E-state index in [0.717, 1.165) is 5.56 Å². The number of halogens is 2. The summed E-state index contributed by atoms with van der Waals surface area (Å²) in [5.41, 5.74) is 0.914. The maximum atomic E-state index is 12.4. The molecule has 0 spiro atoms. The van der Waals surface area contributed by atoms with Crippen molar-refractivity contribution in [1.82, 2.24) is 0 Å². The minimum Gasteiger partial charge on any atom is -0.465 e. The van der Waals surface area contributed by atoms with E-state index in [1.54, 1.807) is 13.0 Å². The highest BCUT2D eigenvalue weighted by atomic mass is 35.5. The largest absolute Gasteiger partial charge is 0.465 e. The molecular weight excluding hydrogens is 363 g/mol. The van der Waals surface area contributed by atoms with Crippen LogP contribution in [0.15, 0.2) is 41.3 Å². The van der Waals surface area contributed by atoms with Gasteiger partial charge in [0.1, 0.15) is 4.90 Å². The molecular formula is C15H12Cl2O5S. The third-order valence-corrected chi connectivity index (χ3v) is 4.94. The smallest absolute Gasteiger partial charge is 0.340 e. The number of rotatable bonds is 4. The van der Waals surface area contributed by atoms with Crippen LogP contribution in [0.25, 0.3) is 0 Å². The number of esters is 1. The summed E-state index contributed by atoms with van der Waals surface area (Å²) in [6, 6.07) is 8.40. The van der Waals surface area contributed by atoms with Gasteiger partial charge >= 0.3 is 16.1 Å². The van der Waals surface area contributed by atoms with Crippen molar-refractivity contribution in [1.29, 1.82) is 0 Å². The number of aryl methyl sites for hydroxylation is 1.